The van der Waals surface area contributed by atoms with Crippen molar-refractivity contribution in [2.45, 2.75) is 69.9 Å². The largest absolute Gasteiger partial charge is 0.447 e. The number of ether oxygens (including phenoxy) is 3. The topological polar surface area (TPSA) is 106 Å². The van der Waals surface area contributed by atoms with Crippen molar-refractivity contribution in [3.63, 3.8) is 0 Å². The zero-order valence-electron chi connectivity index (χ0n) is 24.6. The van der Waals surface area contributed by atoms with Gasteiger partial charge in [-0.2, -0.15) is 0 Å². The average Bonchev–Trinajstić information content (AvgIpc) is 3.52. The molecule has 0 saturated carbocycles. The Hall–Kier alpha value is -3.83. The van der Waals surface area contributed by atoms with Gasteiger partial charge in [-0.1, -0.05) is 36.4 Å². The van der Waals surface area contributed by atoms with Crippen molar-refractivity contribution in [1.82, 2.24) is 9.80 Å². The summed E-state index contributed by atoms with van der Waals surface area (Å²) in [6, 6.07) is 10.4. The van der Waals surface area contributed by atoms with Gasteiger partial charge in [-0.3, -0.25) is 9.69 Å². The molecule has 2 aliphatic rings. The van der Waals surface area contributed by atoms with Gasteiger partial charge >= 0.3 is 12.2 Å². The van der Waals surface area contributed by atoms with Crippen LogP contribution in [0.2, 0.25) is 0 Å². The van der Waals surface area contributed by atoms with Gasteiger partial charge < -0.3 is 19.3 Å². The van der Waals surface area contributed by atoms with Gasteiger partial charge in [0.05, 0.1) is 43.4 Å². The van der Waals surface area contributed by atoms with E-state index < -0.39 is 65.5 Å². The third-order valence-corrected chi connectivity index (χ3v) is 7.40. The summed E-state index contributed by atoms with van der Waals surface area (Å²) in [5.74, 6) is -3.86. The van der Waals surface area contributed by atoms with Crippen LogP contribution in [0.3, 0.4) is 0 Å². The molecule has 2 fully saturated rings. The maximum absolute atomic E-state index is 14.2. The third-order valence-electron chi connectivity index (χ3n) is 7.40. The van der Waals surface area contributed by atoms with E-state index in [0.717, 1.165) is 22.6 Å². The normalized spacial score (nSPS) is 21.8. The van der Waals surface area contributed by atoms with Gasteiger partial charge in [-0.05, 0) is 63.3 Å². The number of aliphatic hydroxyl groups is 1. The number of benzene rings is 2. The standard InChI is InChI=1S/C32H38F2N2O7/c1-5-11-41-25-17-27(35(18-25)30(39)43-32(2,3)4)28(37)26(15-21-12-22(33)16-23(34)13-21)29(38)36-24(19-42-31(36)40)14-20-9-7-6-8-10-20/h5-10,12-13,16,24-28,37H,1,11,14-15,17-19H2,2-4H3/t24-,25+,26-,27+,28-/m0/s1. The van der Waals surface area contributed by atoms with Crippen LogP contribution in [0.1, 0.15) is 38.3 Å². The highest BCUT2D eigenvalue weighted by Gasteiger charge is 2.49. The smallest absolute Gasteiger partial charge is 0.416 e. The summed E-state index contributed by atoms with van der Waals surface area (Å²) < 4.78 is 45.0. The maximum Gasteiger partial charge on any atom is 0.416 e. The average molecular weight is 601 g/mol. The monoisotopic (exact) mass is 600 g/mol. The first-order valence-electron chi connectivity index (χ1n) is 14.2. The van der Waals surface area contributed by atoms with Gasteiger partial charge in [0.15, 0.2) is 0 Å². The van der Waals surface area contributed by atoms with Gasteiger partial charge in [-0.25, -0.2) is 23.3 Å². The van der Waals surface area contributed by atoms with Crippen LogP contribution in [-0.2, 0) is 31.8 Å². The summed E-state index contributed by atoms with van der Waals surface area (Å²) >= 11 is 0. The van der Waals surface area contributed by atoms with Crippen LogP contribution in [0.4, 0.5) is 18.4 Å². The zero-order chi connectivity index (χ0) is 31.3. The minimum absolute atomic E-state index is 0.0538. The lowest BCUT2D eigenvalue weighted by Gasteiger charge is -2.35. The van der Waals surface area contributed by atoms with E-state index in [1.807, 2.05) is 30.3 Å². The highest BCUT2D eigenvalue weighted by Crippen LogP contribution is 2.32. The Labute approximate surface area is 250 Å². The Balaban J connectivity index is 1.68. The van der Waals surface area contributed by atoms with Crippen LogP contribution in [0.25, 0.3) is 0 Å². The minimum Gasteiger partial charge on any atom is -0.447 e. The summed E-state index contributed by atoms with van der Waals surface area (Å²) in [6.45, 7) is 8.97. The Kier molecular flexibility index (Phi) is 10.2. The molecule has 0 unspecified atom stereocenters. The van der Waals surface area contributed by atoms with E-state index >= 15 is 0 Å². The SMILES string of the molecule is C=CCO[C@@H]1C[C@H]([C@@H](O)[C@H](Cc2cc(F)cc(F)c2)C(=O)N2C(=O)OC[C@@H]2Cc2ccccc2)N(C(=O)OC(C)(C)C)C1. The molecule has 2 heterocycles. The lowest BCUT2D eigenvalue weighted by molar-refractivity contribution is -0.138. The van der Waals surface area contributed by atoms with Crippen molar-refractivity contribution in [3.8, 4) is 0 Å². The zero-order valence-corrected chi connectivity index (χ0v) is 24.6. The van der Waals surface area contributed by atoms with E-state index in [-0.39, 0.29) is 38.2 Å². The number of rotatable bonds is 10. The van der Waals surface area contributed by atoms with Gasteiger partial charge in [0, 0.05) is 6.07 Å². The molecule has 0 aliphatic carbocycles. The Morgan fingerprint density at radius 3 is 2.44 bits per heavy atom. The van der Waals surface area contributed by atoms with Crippen molar-refractivity contribution in [2.75, 3.05) is 19.8 Å². The Morgan fingerprint density at radius 2 is 1.81 bits per heavy atom. The number of carbonyl (C=O) groups is 3. The molecule has 5 atom stereocenters. The van der Waals surface area contributed by atoms with Crippen molar-refractivity contribution in [2.24, 2.45) is 5.92 Å². The Bertz CT molecular complexity index is 1300. The fourth-order valence-corrected chi connectivity index (χ4v) is 5.56. The number of imide groups is 1. The second-order valence-corrected chi connectivity index (χ2v) is 11.9. The lowest BCUT2D eigenvalue weighted by Crippen LogP contribution is -2.53. The summed E-state index contributed by atoms with van der Waals surface area (Å²) in [5.41, 5.74) is 0.121. The summed E-state index contributed by atoms with van der Waals surface area (Å²) in [5, 5.41) is 11.9. The first-order valence-corrected chi connectivity index (χ1v) is 14.2. The Morgan fingerprint density at radius 1 is 1.14 bits per heavy atom. The number of amides is 3. The summed E-state index contributed by atoms with van der Waals surface area (Å²) in [7, 11) is 0. The fraction of sp³-hybridized carbons (Fsp3) is 0.469. The van der Waals surface area contributed by atoms with Crippen LogP contribution in [-0.4, -0.2) is 82.7 Å². The van der Waals surface area contributed by atoms with Gasteiger partial charge in [0.25, 0.3) is 0 Å². The minimum atomic E-state index is -1.56. The van der Waals surface area contributed by atoms with Crippen LogP contribution in [0, 0.1) is 17.6 Å². The molecule has 9 nitrogen and oxygen atoms in total. The van der Waals surface area contributed by atoms with Crippen molar-refractivity contribution in [3.05, 3.63) is 83.9 Å². The first kappa shape index (κ1) is 32.1. The van der Waals surface area contributed by atoms with E-state index in [2.05, 4.69) is 6.58 Å². The lowest BCUT2D eigenvalue weighted by atomic mass is 9.87. The van der Waals surface area contributed by atoms with E-state index in [0.29, 0.717) is 12.5 Å². The molecule has 0 aromatic heterocycles. The van der Waals surface area contributed by atoms with Crippen LogP contribution < -0.4 is 0 Å². The van der Waals surface area contributed by atoms with Crippen molar-refractivity contribution < 1.29 is 42.5 Å². The molecule has 3 amide bonds. The van der Waals surface area contributed by atoms with Crippen LogP contribution in [0.5, 0.6) is 0 Å². The van der Waals surface area contributed by atoms with Crippen LogP contribution >= 0.6 is 0 Å². The van der Waals surface area contributed by atoms with Crippen LogP contribution in [0.15, 0.2) is 61.2 Å². The van der Waals surface area contributed by atoms with Crippen molar-refractivity contribution >= 4 is 18.1 Å². The predicted molar refractivity (Wildman–Crippen MR) is 153 cm³/mol. The summed E-state index contributed by atoms with van der Waals surface area (Å²) in [6.07, 6.45) is -1.97. The van der Waals surface area contributed by atoms with E-state index in [1.54, 1.807) is 26.8 Å². The highest BCUT2D eigenvalue weighted by atomic mass is 19.1. The van der Waals surface area contributed by atoms with E-state index in [4.69, 9.17) is 14.2 Å². The molecule has 43 heavy (non-hydrogen) atoms. The molecule has 2 saturated heterocycles. The predicted octanol–water partition coefficient (Wildman–Crippen LogP) is 4.66. The number of aliphatic hydroxyl groups excluding tert-OH is 1. The molecule has 232 valence electrons. The number of carbonyl (C=O) groups excluding carboxylic acids is 3. The molecule has 2 aliphatic heterocycles. The highest BCUT2D eigenvalue weighted by molar-refractivity contribution is 5.95. The number of likely N-dealkylation sites (tertiary alicyclic amines) is 1. The number of hydrogen-bond acceptors (Lipinski definition) is 7. The molecule has 2 aromatic carbocycles. The molecule has 2 aromatic rings. The molecule has 4 rings (SSSR count). The molecular weight excluding hydrogens is 562 g/mol. The third kappa shape index (κ3) is 8.17. The molecular formula is C32H38F2N2O7. The van der Waals surface area contributed by atoms with Gasteiger partial charge in [0.1, 0.15) is 23.8 Å². The molecule has 11 heteroatoms. The molecule has 0 radical (unpaired) electrons. The fourth-order valence-electron chi connectivity index (χ4n) is 5.56. The maximum atomic E-state index is 14.2. The first-order chi connectivity index (χ1) is 20.4. The van der Waals surface area contributed by atoms with Gasteiger partial charge in [0.2, 0.25) is 5.91 Å². The van der Waals surface area contributed by atoms with E-state index in [9.17, 15) is 28.3 Å². The molecule has 0 bridgehead atoms. The molecule has 1 N–H and O–H groups in total. The summed E-state index contributed by atoms with van der Waals surface area (Å²) in [4.78, 5) is 42.6. The second kappa shape index (κ2) is 13.6. The quantitative estimate of drug-likeness (QED) is 0.396. The number of nitrogens with zero attached hydrogens (tertiary/aromatic N) is 2. The van der Waals surface area contributed by atoms with E-state index in [1.165, 1.54) is 4.90 Å². The van der Waals surface area contributed by atoms with Crippen molar-refractivity contribution in [1.29, 1.82) is 0 Å². The number of cyclic esters (lactones) is 1. The number of hydrogen-bond donors (Lipinski definition) is 1. The molecule has 0 spiro atoms. The second-order valence-electron chi connectivity index (χ2n) is 11.9. The van der Waals surface area contributed by atoms with Gasteiger partial charge in [-0.15, -0.1) is 6.58 Å². The number of halogens is 2.